The van der Waals surface area contributed by atoms with Crippen LogP contribution in [0.25, 0.3) is 0 Å². The van der Waals surface area contributed by atoms with Gasteiger partial charge in [-0.3, -0.25) is 4.79 Å². The molecule has 0 unspecified atom stereocenters. The van der Waals surface area contributed by atoms with E-state index in [9.17, 15) is 10.1 Å². The number of aryl methyl sites for hydroxylation is 1. The monoisotopic (exact) mass is 314 g/mol. The summed E-state index contributed by atoms with van der Waals surface area (Å²) >= 11 is 1.42. The number of hydrogen-bond acceptors (Lipinski definition) is 4. The van der Waals surface area contributed by atoms with Crippen molar-refractivity contribution in [1.82, 2.24) is 0 Å². The molecule has 114 valence electrons. The minimum absolute atomic E-state index is 0.0473. The van der Waals surface area contributed by atoms with E-state index in [0.29, 0.717) is 21.9 Å². The largest absolute Gasteiger partial charge is 0.491 e. The fourth-order valence-electron chi connectivity index (χ4n) is 2.01. The van der Waals surface area contributed by atoms with Gasteiger partial charge in [-0.1, -0.05) is 6.07 Å². The van der Waals surface area contributed by atoms with E-state index in [0.717, 1.165) is 10.4 Å². The van der Waals surface area contributed by atoms with Gasteiger partial charge in [0, 0.05) is 10.4 Å². The van der Waals surface area contributed by atoms with E-state index in [1.807, 2.05) is 33.8 Å². The lowest BCUT2D eigenvalue weighted by atomic mass is 10.1. The lowest BCUT2D eigenvalue weighted by Gasteiger charge is -2.10. The molecule has 0 fully saturated rings. The van der Waals surface area contributed by atoms with Crippen LogP contribution < -0.4 is 10.1 Å². The first-order valence-corrected chi connectivity index (χ1v) is 7.82. The van der Waals surface area contributed by atoms with Gasteiger partial charge in [0.1, 0.15) is 16.8 Å². The Balaban J connectivity index is 2.23. The maximum Gasteiger partial charge on any atom is 0.256 e. The summed E-state index contributed by atoms with van der Waals surface area (Å²) in [4.78, 5) is 13.4. The molecule has 1 heterocycles. The Morgan fingerprint density at radius 3 is 2.73 bits per heavy atom. The zero-order chi connectivity index (χ0) is 16.3. The highest BCUT2D eigenvalue weighted by atomic mass is 32.1. The first kappa shape index (κ1) is 16.1. The van der Waals surface area contributed by atoms with Gasteiger partial charge in [-0.15, -0.1) is 11.3 Å². The predicted octanol–water partition coefficient (Wildman–Crippen LogP) is 4.28. The summed E-state index contributed by atoms with van der Waals surface area (Å²) in [6.45, 7) is 7.69. The van der Waals surface area contributed by atoms with Crippen molar-refractivity contribution in [1.29, 1.82) is 5.26 Å². The van der Waals surface area contributed by atoms with Crippen LogP contribution in [0.3, 0.4) is 0 Å². The number of rotatable bonds is 4. The third kappa shape index (κ3) is 3.46. The topological polar surface area (TPSA) is 62.1 Å². The molecule has 0 spiro atoms. The van der Waals surface area contributed by atoms with Gasteiger partial charge < -0.3 is 10.1 Å². The number of benzene rings is 1. The number of carbonyl (C=O) groups is 1. The second-order valence-electron chi connectivity index (χ2n) is 5.25. The molecule has 0 atom stereocenters. The normalized spacial score (nSPS) is 10.4. The van der Waals surface area contributed by atoms with Crippen LogP contribution in [0.1, 0.15) is 40.2 Å². The number of nitrogens with zero attached hydrogens (tertiary/aromatic N) is 1. The van der Waals surface area contributed by atoms with Crippen LogP contribution in [0.15, 0.2) is 24.3 Å². The van der Waals surface area contributed by atoms with E-state index >= 15 is 0 Å². The first-order chi connectivity index (χ1) is 10.4. The minimum Gasteiger partial charge on any atom is -0.491 e. The van der Waals surface area contributed by atoms with E-state index in [1.165, 1.54) is 11.3 Å². The van der Waals surface area contributed by atoms with Crippen LogP contribution >= 0.6 is 11.3 Å². The molecule has 1 aromatic carbocycles. The average molecular weight is 314 g/mol. The molecule has 0 saturated heterocycles. The Bertz CT molecular complexity index is 742. The van der Waals surface area contributed by atoms with Crippen molar-refractivity contribution >= 4 is 22.2 Å². The molecule has 2 aromatic rings. The van der Waals surface area contributed by atoms with Crippen molar-refractivity contribution in [3.05, 3.63) is 45.8 Å². The van der Waals surface area contributed by atoms with Crippen LogP contribution in [0.4, 0.5) is 5.00 Å². The molecular formula is C17H18N2O2S. The van der Waals surface area contributed by atoms with Gasteiger partial charge in [-0.25, -0.2) is 0 Å². The molecule has 0 bridgehead atoms. The Labute approximate surface area is 134 Å². The smallest absolute Gasteiger partial charge is 0.256 e. The lowest BCUT2D eigenvalue weighted by molar-refractivity contribution is 0.102. The molecule has 1 N–H and O–H groups in total. The molecular weight excluding hydrogens is 296 g/mol. The number of hydrogen-bond donors (Lipinski definition) is 1. The summed E-state index contributed by atoms with van der Waals surface area (Å²) in [6.07, 6.45) is 0.0473. The number of ether oxygens (including phenoxy) is 1. The summed E-state index contributed by atoms with van der Waals surface area (Å²) in [5, 5.41) is 12.6. The Kier molecular flexibility index (Phi) is 4.84. The minimum atomic E-state index is -0.244. The zero-order valence-electron chi connectivity index (χ0n) is 13.1. The molecule has 0 radical (unpaired) electrons. The van der Waals surface area contributed by atoms with Gasteiger partial charge in [0.15, 0.2) is 0 Å². The first-order valence-electron chi connectivity index (χ1n) is 7.00. The summed E-state index contributed by atoms with van der Waals surface area (Å²) in [5.74, 6) is 0.411. The number of thiophene rings is 1. The summed E-state index contributed by atoms with van der Waals surface area (Å²) < 4.78 is 5.59. The maximum atomic E-state index is 12.4. The van der Waals surface area contributed by atoms with Crippen molar-refractivity contribution in [2.75, 3.05) is 5.32 Å². The molecule has 0 aliphatic rings. The van der Waals surface area contributed by atoms with Gasteiger partial charge in [0.25, 0.3) is 5.91 Å². The van der Waals surface area contributed by atoms with Crippen LogP contribution in [-0.2, 0) is 0 Å². The van der Waals surface area contributed by atoms with Crippen molar-refractivity contribution in [2.24, 2.45) is 0 Å². The second kappa shape index (κ2) is 6.63. The summed E-state index contributed by atoms with van der Waals surface area (Å²) in [7, 11) is 0. The molecule has 4 nitrogen and oxygen atoms in total. The molecule has 0 saturated carbocycles. The van der Waals surface area contributed by atoms with E-state index in [1.54, 1.807) is 18.2 Å². The van der Waals surface area contributed by atoms with E-state index in [4.69, 9.17) is 4.74 Å². The summed E-state index contributed by atoms with van der Waals surface area (Å²) in [5.41, 5.74) is 1.95. The van der Waals surface area contributed by atoms with Gasteiger partial charge in [-0.05, 0) is 51.5 Å². The van der Waals surface area contributed by atoms with Crippen LogP contribution in [0.2, 0.25) is 0 Å². The van der Waals surface area contributed by atoms with Gasteiger partial charge >= 0.3 is 0 Å². The predicted molar refractivity (Wildman–Crippen MR) is 88.7 cm³/mol. The summed E-state index contributed by atoms with van der Waals surface area (Å²) in [6, 6.07) is 9.17. The number of anilines is 1. The van der Waals surface area contributed by atoms with Crippen LogP contribution in [0.5, 0.6) is 5.75 Å². The van der Waals surface area contributed by atoms with Gasteiger partial charge in [0.2, 0.25) is 0 Å². The molecule has 2 rings (SSSR count). The Hall–Kier alpha value is -2.32. The van der Waals surface area contributed by atoms with Gasteiger partial charge in [-0.2, -0.15) is 5.26 Å². The molecule has 22 heavy (non-hydrogen) atoms. The van der Waals surface area contributed by atoms with E-state index < -0.39 is 0 Å². The van der Waals surface area contributed by atoms with Crippen molar-refractivity contribution < 1.29 is 9.53 Å². The van der Waals surface area contributed by atoms with Crippen molar-refractivity contribution in [2.45, 2.75) is 33.8 Å². The van der Waals surface area contributed by atoms with Crippen LogP contribution in [-0.4, -0.2) is 12.0 Å². The van der Waals surface area contributed by atoms with E-state index in [-0.39, 0.29) is 12.0 Å². The Morgan fingerprint density at radius 2 is 2.09 bits per heavy atom. The second-order valence-corrected chi connectivity index (χ2v) is 6.47. The number of nitrogens with one attached hydrogen (secondary N) is 1. The molecule has 1 amide bonds. The van der Waals surface area contributed by atoms with Gasteiger partial charge in [0.05, 0.1) is 11.7 Å². The quantitative estimate of drug-likeness (QED) is 0.916. The molecule has 5 heteroatoms. The molecule has 1 aromatic heterocycles. The molecule has 0 aliphatic carbocycles. The third-order valence-electron chi connectivity index (χ3n) is 3.19. The molecule has 0 aliphatic heterocycles. The fraction of sp³-hybridized carbons (Fsp3) is 0.294. The maximum absolute atomic E-state index is 12.4. The Morgan fingerprint density at radius 1 is 1.36 bits per heavy atom. The fourth-order valence-corrected chi connectivity index (χ4v) is 3.01. The number of amides is 1. The SMILES string of the molecule is Cc1sc(NC(=O)c2cccc(OC(C)C)c2)c(C#N)c1C. The average Bonchev–Trinajstić information content (AvgIpc) is 2.72. The number of carbonyl (C=O) groups excluding carboxylic acids is 1. The highest BCUT2D eigenvalue weighted by Gasteiger charge is 2.16. The van der Waals surface area contributed by atoms with Crippen LogP contribution in [0, 0.1) is 25.2 Å². The number of nitriles is 1. The highest BCUT2D eigenvalue weighted by Crippen LogP contribution is 2.32. The standard InChI is InChI=1S/C17H18N2O2S/c1-10(2)21-14-7-5-6-13(8-14)16(20)19-17-15(9-18)11(3)12(4)22-17/h5-8,10H,1-4H3,(H,19,20). The van der Waals surface area contributed by atoms with E-state index in [2.05, 4.69) is 11.4 Å². The van der Waals surface area contributed by atoms with Crippen molar-refractivity contribution in [3.8, 4) is 11.8 Å². The lowest BCUT2D eigenvalue weighted by Crippen LogP contribution is -2.12. The highest BCUT2D eigenvalue weighted by molar-refractivity contribution is 7.16. The zero-order valence-corrected chi connectivity index (χ0v) is 13.9. The van der Waals surface area contributed by atoms with Crippen molar-refractivity contribution in [3.63, 3.8) is 0 Å². The third-order valence-corrected chi connectivity index (χ3v) is 4.31.